The summed E-state index contributed by atoms with van der Waals surface area (Å²) >= 11 is 0. The van der Waals surface area contributed by atoms with Crippen LogP contribution in [0.4, 0.5) is 17.3 Å². The number of hydrogen-bond acceptors (Lipinski definition) is 8. The summed E-state index contributed by atoms with van der Waals surface area (Å²) in [5.74, 6) is 0.966. The summed E-state index contributed by atoms with van der Waals surface area (Å²) in [5, 5.41) is 4.29. The molecule has 0 spiro atoms. The van der Waals surface area contributed by atoms with Crippen molar-refractivity contribution in [2.45, 2.75) is 0 Å². The number of pyridine rings is 2. The van der Waals surface area contributed by atoms with Crippen LogP contribution < -0.4 is 22.2 Å². The van der Waals surface area contributed by atoms with Crippen LogP contribution >= 0.6 is 0 Å². The van der Waals surface area contributed by atoms with E-state index in [9.17, 15) is 9.59 Å². The van der Waals surface area contributed by atoms with Crippen molar-refractivity contribution in [1.82, 2.24) is 39.0 Å². The van der Waals surface area contributed by atoms with Crippen LogP contribution in [0.15, 0.2) is 126 Å². The zero-order chi connectivity index (χ0) is 31.2. The van der Waals surface area contributed by atoms with Crippen molar-refractivity contribution in [2.24, 2.45) is 0 Å². The molecule has 6 aromatic heterocycles. The molecule has 0 bridgehead atoms. The molecule has 0 aliphatic carbocycles. The van der Waals surface area contributed by atoms with Gasteiger partial charge in [-0.2, -0.15) is 0 Å². The maximum atomic E-state index is 12.9. The number of H-pyrrole nitrogens is 2. The van der Waals surface area contributed by atoms with Crippen LogP contribution in [0, 0.1) is 0 Å². The van der Waals surface area contributed by atoms with Crippen molar-refractivity contribution >= 4 is 39.4 Å². The third-order valence-corrected chi connectivity index (χ3v) is 7.78. The fourth-order valence-electron chi connectivity index (χ4n) is 5.69. The van der Waals surface area contributed by atoms with Gasteiger partial charge in [-0.1, -0.05) is 24.3 Å². The van der Waals surface area contributed by atoms with Crippen LogP contribution in [-0.4, -0.2) is 39.0 Å². The average Bonchev–Trinajstić information content (AvgIpc) is 3.67. The Balaban J connectivity index is 1.13. The number of benzene rings is 2. The minimum atomic E-state index is -0.252. The van der Waals surface area contributed by atoms with E-state index in [4.69, 9.17) is 5.73 Å². The minimum absolute atomic E-state index is 0.224. The second kappa shape index (κ2) is 10.7. The molecule has 12 heteroatoms. The molecule has 0 saturated carbocycles. The van der Waals surface area contributed by atoms with Gasteiger partial charge >= 0.3 is 0 Å². The first-order chi connectivity index (χ1) is 22.5. The van der Waals surface area contributed by atoms with Crippen molar-refractivity contribution in [2.75, 3.05) is 11.1 Å². The summed E-state index contributed by atoms with van der Waals surface area (Å²) in [6.07, 6.45) is 9.91. The van der Waals surface area contributed by atoms with E-state index in [-0.39, 0.29) is 11.1 Å². The Hall–Kier alpha value is -6.82. The number of anilines is 3. The fraction of sp³-hybridized carbons (Fsp3) is 0. The molecular weight excluding hydrogens is 580 g/mol. The summed E-state index contributed by atoms with van der Waals surface area (Å²) in [4.78, 5) is 48.8. The van der Waals surface area contributed by atoms with Crippen LogP contribution in [0.25, 0.3) is 55.7 Å². The molecule has 0 aliphatic heterocycles. The van der Waals surface area contributed by atoms with E-state index in [0.717, 1.165) is 33.8 Å². The number of rotatable bonds is 6. The first-order valence-electron chi connectivity index (χ1n) is 14.3. The SMILES string of the molecule is Nc1cc(-c2cn(-c3cccc(Nc4ccc(-c5cn(-c6ccccc6)c6nc[nH]c(=O)c56)cn4)c3)c3nc[nH]c(=O)c23)ccn1. The second-order valence-corrected chi connectivity index (χ2v) is 10.6. The topological polar surface area (TPSA) is 165 Å². The molecule has 8 aromatic rings. The Bertz CT molecular complexity index is 2510. The molecule has 5 N–H and O–H groups in total. The lowest BCUT2D eigenvalue weighted by Crippen LogP contribution is -2.07. The largest absolute Gasteiger partial charge is 0.384 e. The Morgan fingerprint density at radius 1 is 0.652 bits per heavy atom. The minimum Gasteiger partial charge on any atom is -0.384 e. The molecule has 0 atom stereocenters. The van der Waals surface area contributed by atoms with E-state index >= 15 is 0 Å². The third-order valence-electron chi connectivity index (χ3n) is 7.78. The Morgan fingerprint density at radius 3 is 2.00 bits per heavy atom. The number of nitrogen functional groups attached to an aromatic ring is 1. The van der Waals surface area contributed by atoms with Crippen LogP contribution in [0.1, 0.15) is 0 Å². The number of para-hydroxylation sites is 1. The van der Waals surface area contributed by atoms with Crippen LogP contribution in [0.5, 0.6) is 0 Å². The fourth-order valence-corrected chi connectivity index (χ4v) is 5.69. The summed E-state index contributed by atoms with van der Waals surface area (Å²) in [5.41, 5.74) is 11.9. The van der Waals surface area contributed by atoms with Gasteiger partial charge in [0.2, 0.25) is 0 Å². The van der Waals surface area contributed by atoms with E-state index in [1.807, 2.05) is 88.3 Å². The molecule has 8 rings (SSSR count). The number of nitrogens with one attached hydrogen (secondary N) is 3. The van der Waals surface area contributed by atoms with Crippen LogP contribution in [0.3, 0.4) is 0 Å². The zero-order valence-corrected chi connectivity index (χ0v) is 24.0. The van der Waals surface area contributed by atoms with Gasteiger partial charge in [0.05, 0.1) is 23.4 Å². The van der Waals surface area contributed by atoms with Gasteiger partial charge in [-0.15, -0.1) is 0 Å². The normalized spacial score (nSPS) is 11.3. The molecular formula is C34H24N10O2. The Morgan fingerprint density at radius 2 is 1.33 bits per heavy atom. The number of aromatic amines is 2. The first kappa shape index (κ1) is 26.8. The molecule has 12 nitrogen and oxygen atoms in total. The Labute approximate surface area is 259 Å². The number of aromatic nitrogens is 8. The number of nitrogens with two attached hydrogens (primary N) is 1. The molecule has 0 saturated heterocycles. The summed E-state index contributed by atoms with van der Waals surface area (Å²) in [7, 11) is 0. The van der Waals surface area contributed by atoms with E-state index in [1.54, 1.807) is 24.5 Å². The van der Waals surface area contributed by atoms with Crippen LogP contribution in [-0.2, 0) is 0 Å². The van der Waals surface area contributed by atoms with E-state index in [0.29, 0.717) is 39.3 Å². The zero-order valence-electron chi connectivity index (χ0n) is 24.0. The highest BCUT2D eigenvalue weighted by Gasteiger charge is 2.18. The molecule has 0 fully saturated rings. The lowest BCUT2D eigenvalue weighted by Gasteiger charge is -2.10. The van der Waals surface area contributed by atoms with Gasteiger partial charge in [-0.05, 0) is 60.2 Å². The van der Waals surface area contributed by atoms with Crippen LogP contribution in [0.2, 0.25) is 0 Å². The summed E-state index contributed by atoms with van der Waals surface area (Å²) < 4.78 is 3.77. The molecule has 0 amide bonds. The van der Waals surface area contributed by atoms with E-state index in [2.05, 4.69) is 35.2 Å². The van der Waals surface area contributed by atoms with Gasteiger partial charge in [0.15, 0.2) is 11.3 Å². The maximum Gasteiger partial charge on any atom is 0.260 e. The van der Waals surface area contributed by atoms with Gasteiger partial charge in [-0.3, -0.25) is 9.59 Å². The van der Waals surface area contributed by atoms with Gasteiger partial charge in [0.1, 0.15) is 11.6 Å². The molecule has 2 aromatic carbocycles. The first-order valence-corrected chi connectivity index (χ1v) is 14.3. The molecule has 0 radical (unpaired) electrons. The molecule has 46 heavy (non-hydrogen) atoms. The van der Waals surface area contributed by atoms with Crippen molar-refractivity contribution in [1.29, 1.82) is 0 Å². The third kappa shape index (κ3) is 4.57. The molecule has 0 aliphatic rings. The van der Waals surface area contributed by atoms with Gasteiger partial charge < -0.3 is 30.2 Å². The van der Waals surface area contributed by atoms with E-state index < -0.39 is 0 Å². The Kier molecular flexibility index (Phi) is 6.24. The molecule has 0 unspecified atom stereocenters. The standard InChI is InChI=1S/C34H24N10O2/c35-27-13-20(11-12-36-27)25-16-44(32-29(25)33(45)40-19-39-32)24-8-4-5-22(14-24)42-28-10-9-21(15-37-28)26-17-43(23-6-2-1-3-7-23)31-30(26)34(46)41-18-38-31/h1-19H,(H2,35,36)(H,37,42)(H,38,41,46)(H,39,40,45). The monoisotopic (exact) mass is 604 g/mol. The second-order valence-electron chi connectivity index (χ2n) is 10.6. The molecule has 222 valence electrons. The summed E-state index contributed by atoms with van der Waals surface area (Å²) in [6, 6.07) is 24.8. The molecule has 6 heterocycles. The number of hydrogen-bond donors (Lipinski definition) is 4. The number of nitrogens with zero attached hydrogens (tertiary/aromatic N) is 6. The summed E-state index contributed by atoms with van der Waals surface area (Å²) in [6.45, 7) is 0. The van der Waals surface area contributed by atoms with Crippen molar-refractivity contribution in [3.05, 3.63) is 137 Å². The predicted molar refractivity (Wildman–Crippen MR) is 178 cm³/mol. The quantitative estimate of drug-likeness (QED) is 0.201. The highest BCUT2D eigenvalue weighted by molar-refractivity contribution is 5.95. The lowest BCUT2D eigenvalue weighted by molar-refractivity contribution is 1.07. The van der Waals surface area contributed by atoms with Gasteiger partial charge in [-0.25, -0.2) is 19.9 Å². The van der Waals surface area contributed by atoms with Crippen molar-refractivity contribution in [3.63, 3.8) is 0 Å². The smallest absolute Gasteiger partial charge is 0.260 e. The van der Waals surface area contributed by atoms with Crippen molar-refractivity contribution in [3.8, 4) is 33.6 Å². The highest BCUT2D eigenvalue weighted by Crippen LogP contribution is 2.32. The highest BCUT2D eigenvalue weighted by atomic mass is 16.1. The van der Waals surface area contributed by atoms with Gasteiger partial charge in [0.25, 0.3) is 11.1 Å². The average molecular weight is 605 g/mol. The number of fused-ring (bicyclic) bond motifs is 2. The van der Waals surface area contributed by atoms with Gasteiger partial charge in [0, 0.05) is 58.5 Å². The predicted octanol–water partition coefficient (Wildman–Crippen LogP) is 5.19. The van der Waals surface area contributed by atoms with Crippen molar-refractivity contribution < 1.29 is 0 Å². The lowest BCUT2D eigenvalue weighted by atomic mass is 10.1. The van der Waals surface area contributed by atoms with E-state index in [1.165, 1.54) is 12.7 Å². The maximum absolute atomic E-state index is 12.9.